The van der Waals surface area contributed by atoms with Gasteiger partial charge in [0, 0.05) is 6.04 Å². The fourth-order valence-corrected chi connectivity index (χ4v) is 1.75. The summed E-state index contributed by atoms with van der Waals surface area (Å²) in [5, 5.41) is 4.01. The van der Waals surface area contributed by atoms with Gasteiger partial charge in [0.15, 0.2) is 0 Å². The Hall–Kier alpha value is -1.17. The van der Waals surface area contributed by atoms with Crippen LogP contribution >= 0.6 is 11.6 Å². The average Bonchev–Trinajstić information content (AvgIpc) is 2.34. The Kier molecular flexibility index (Phi) is 5.90. The largest absolute Gasteiger partial charge is 0.479 e. The van der Waals surface area contributed by atoms with Crippen molar-refractivity contribution in [2.24, 2.45) is 0 Å². The van der Waals surface area contributed by atoms with Crippen LogP contribution in [0.5, 0.6) is 5.75 Å². The molecule has 0 aromatic heterocycles. The number of hydrogen-bond donors (Lipinski definition) is 1. The van der Waals surface area contributed by atoms with Crippen LogP contribution in [0.15, 0.2) is 18.2 Å². The van der Waals surface area contributed by atoms with Crippen LogP contribution < -0.4 is 10.1 Å². The monoisotopic (exact) mass is 251 g/mol. The van der Waals surface area contributed by atoms with Crippen LogP contribution in [0.2, 0.25) is 5.02 Å². The van der Waals surface area contributed by atoms with E-state index in [2.05, 4.69) is 25.1 Å². The normalized spacial score (nSPS) is 11.9. The quantitative estimate of drug-likeness (QED) is 0.783. The zero-order valence-electron chi connectivity index (χ0n) is 10.3. The van der Waals surface area contributed by atoms with Gasteiger partial charge < -0.3 is 10.1 Å². The summed E-state index contributed by atoms with van der Waals surface area (Å²) in [6, 6.07) is 6.07. The van der Waals surface area contributed by atoms with Gasteiger partial charge in [-0.2, -0.15) is 0 Å². The molecular weight excluding hydrogens is 234 g/mol. The molecule has 92 valence electrons. The van der Waals surface area contributed by atoms with Crippen LogP contribution in [0.4, 0.5) is 0 Å². The predicted octanol–water partition coefficient (Wildman–Crippen LogP) is 3.41. The lowest BCUT2D eigenvalue weighted by Gasteiger charge is -2.15. The molecule has 0 heterocycles. The minimum Gasteiger partial charge on any atom is -0.479 e. The van der Waals surface area contributed by atoms with Crippen LogP contribution in [-0.4, -0.2) is 13.2 Å². The van der Waals surface area contributed by atoms with Crippen LogP contribution in [0.25, 0.3) is 0 Å². The molecule has 3 heteroatoms. The molecule has 2 nitrogen and oxygen atoms in total. The van der Waals surface area contributed by atoms with E-state index in [1.807, 2.05) is 18.2 Å². The van der Waals surface area contributed by atoms with Gasteiger partial charge in [-0.15, -0.1) is 6.42 Å². The zero-order chi connectivity index (χ0) is 12.7. The third-order valence-corrected chi connectivity index (χ3v) is 2.76. The van der Waals surface area contributed by atoms with E-state index in [1.54, 1.807) is 0 Å². The van der Waals surface area contributed by atoms with Crippen LogP contribution in [-0.2, 0) is 0 Å². The average molecular weight is 252 g/mol. The smallest absolute Gasteiger partial charge is 0.148 e. The van der Waals surface area contributed by atoms with Crippen molar-refractivity contribution in [2.75, 3.05) is 13.2 Å². The van der Waals surface area contributed by atoms with E-state index in [9.17, 15) is 0 Å². The zero-order valence-corrected chi connectivity index (χ0v) is 11.1. The summed E-state index contributed by atoms with van der Waals surface area (Å²) in [6.07, 6.45) is 6.24. The Morgan fingerprint density at radius 3 is 2.88 bits per heavy atom. The Bertz CT molecular complexity index is 398. The number of nitrogens with one attached hydrogen (secondary N) is 1. The third kappa shape index (κ3) is 4.30. The first-order valence-electron chi connectivity index (χ1n) is 5.78. The highest BCUT2D eigenvalue weighted by Gasteiger charge is 2.07. The lowest BCUT2D eigenvalue weighted by atomic mass is 10.1. The fourth-order valence-electron chi connectivity index (χ4n) is 1.50. The topological polar surface area (TPSA) is 21.3 Å². The maximum atomic E-state index is 6.12. The van der Waals surface area contributed by atoms with Crippen molar-refractivity contribution in [1.82, 2.24) is 5.32 Å². The summed E-state index contributed by atoms with van der Waals surface area (Å²) in [4.78, 5) is 0. The molecule has 1 atom stereocenters. The second-order valence-electron chi connectivity index (χ2n) is 3.86. The van der Waals surface area contributed by atoms with E-state index in [1.165, 1.54) is 0 Å². The molecule has 0 saturated carbocycles. The lowest BCUT2D eigenvalue weighted by Crippen LogP contribution is -2.19. The number of benzene rings is 1. The molecule has 0 amide bonds. The Morgan fingerprint density at radius 1 is 1.53 bits per heavy atom. The summed E-state index contributed by atoms with van der Waals surface area (Å²) in [5.41, 5.74) is 1.15. The van der Waals surface area contributed by atoms with Gasteiger partial charge in [-0.3, -0.25) is 0 Å². The SMILES string of the molecule is C#CCOc1ccc(C(C)NCCC)cc1Cl. The van der Waals surface area contributed by atoms with E-state index in [-0.39, 0.29) is 12.6 Å². The highest BCUT2D eigenvalue weighted by atomic mass is 35.5. The highest BCUT2D eigenvalue weighted by molar-refractivity contribution is 6.32. The lowest BCUT2D eigenvalue weighted by molar-refractivity contribution is 0.370. The maximum Gasteiger partial charge on any atom is 0.148 e. The molecule has 0 saturated heterocycles. The van der Waals surface area contributed by atoms with Gasteiger partial charge in [-0.05, 0) is 37.6 Å². The molecule has 0 aliphatic rings. The molecule has 1 aromatic rings. The standard InChI is InChI=1S/C14H18ClNO/c1-4-8-16-11(3)12-6-7-14(13(15)10-12)17-9-5-2/h2,6-7,10-11,16H,4,8-9H2,1,3H3. The molecule has 0 spiro atoms. The van der Waals surface area contributed by atoms with Crippen molar-refractivity contribution in [2.45, 2.75) is 26.3 Å². The van der Waals surface area contributed by atoms with E-state index in [4.69, 9.17) is 22.8 Å². The maximum absolute atomic E-state index is 6.12. The van der Waals surface area contributed by atoms with E-state index >= 15 is 0 Å². The number of hydrogen-bond acceptors (Lipinski definition) is 2. The Balaban J connectivity index is 2.71. The molecule has 0 radical (unpaired) electrons. The van der Waals surface area contributed by atoms with Crippen molar-refractivity contribution in [3.63, 3.8) is 0 Å². The van der Waals surface area contributed by atoms with Crippen molar-refractivity contribution in [3.8, 4) is 18.1 Å². The van der Waals surface area contributed by atoms with Crippen LogP contribution in [0, 0.1) is 12.3 Å². The molecule has 1 aromatic carbocycles. The molecule has 0 bridgehead atoms. The first kappa shape index (κ1) is 13.9. The van der Waals surface area contributed by atoms with E-state index in [0.717, 1.165) is 18.5 Å². The van der Waals surface area contributed by atoms with Gasteiger partial charge in [0.1, 0.15) is 12.4 Å². The molecule has 1 N–H and O–H groups in total. The Labute approximate surface area is 108 Å². The van der Waals surface area contributed by atoms with E-state index < -0.39 is 0 Å². The molecule has 0 aliphatic carbocycles. The summed E-state index contributed by atoms with van der Waals surface area (Å²) in [6.45, 7) is 5.49. The second-order valence-corrected chi connectivity index (χ2v) is 4.27. The van der Waals surface area contributed by atoms with Crippen molar-refractivity contribution < 1.29 is 4.74 Å². The summed E-state index contributed by atoms with van der Waals surface area (Å²) < 4.78 is 5.31. The molecule has 0 fully saturated rings. The van der Waals surface area contributed by atoms with Crippen LogP contribution in [0.3, 0.4) is 0 Å². The first-order chi connectivity index (χ1) is 8.19. The second kappa shape index (κ2) is 7.21. The fraction of sp³-hybridized carbons (Fsp3) is 0.429. The number of halogens is 1. The summed E-state index contributed by atoms with van der Waals surface area (Å²) in [7, 11) is 0. The molecule has 1 unspecified atom stereocenters. The third-order valence-electron chi connectivity index (χ3n) is 2.47. The van der Waals surface area contributed by atoms with Crippen molar-refractivity contribution in [3.05, 3.63) is 28.8 Å². The number of ether oxygens (including phenoxy) is 1. The van der Waals surface area contributed by atoms with Gasteiger partial charge in [-0.1, -0.05) is 30.5 Å². The van der Waals surface area contributed by atoms with E-state index in [0.29, 0.717) is 10.8 Å². The van der Waals surface area contributed by atoms with Crippen molar-refractivity contribution >= 4 is 11.6 Å². The van der Waals surface area contributed by atoms with Gasteiger partial charge in [0.25, 0.3) is 0 Å². The minimum atomic E-state index is 0.239. The number of rotatable bonds is 6. The van der Waals surface area contributed by atoms with Gasteiger partial charge in [0.05, 0.1) is 5.02 Å². The van der Waals surface area contributed by atoms with Crippen LogP contribution in [0.1, 0.15) is 31.9 Å². The van der Waals surface area contributed by atoms with Gasteiger partial charge >= 0.3 is 0 Å². The Morgan fingerprint density at radius 2 is 2.29 bits per heavy atom. The van der Waals surface area contributed by atoms with Gasteiger partial charge in [0.2, 0.25) is 0 Å². The van der Waals surface area contributed by atoms with Crippen molar-refractivity contribution in [1.29, 1.82) is 0 Å². The first-order valence-corrected chi connectivity index (χ1v) is 6.16. The highest BCUT2D eigenvalue weighted by Crippen LogP contribution is 2.27. The van der Waals surface area contributed by atoms with Gasteiger partial charge in [-0.25, -0.2) is 0 Å². The number of terminal acetylenes is 1. The predicted molar refractivity (Wildman–Crippen MR) is 72.5 cm³/mol. The molecule has 17 heavy (non-hydrogen) atoms. The molecular formula is C14H18ClNO. The minimum absolute atomic E-state index is 0.239. The molecule has 1 rings (SSSR count). The summed E-state index contributed by atoms with van der Waals surface area (Å²) in [5.74, 6) is 3.05. The molecule has 0 aliphatic heterocycles. The summed E-state index contributed by atoms with van der Waals surface area (Å²) >= 11 is 6.12.